The van der Waals surface area contributed by atoms with Crippen LogP contribution in [0.3, 0.4) is 0 Å². The Hall–Kier alpha value is -1.45. The van der Waals surface area contributed by atoms with E-state index in [2.05, 4.69) is 9.98 Å². The molecular weight excluding hydrogens is 132 g/mol. The Bertz CT molecular complexity index is 228. The van der Waals surface area contributed by atoms with Crippen molar-refractivity contribution < 1.29 is 9.90 Å². The summed E-state index contributed by atoms with van der Waals surface area (Å²) in [5, 5.41) is 8.45. The Morgan fingerprint density at radius 3 is 3.10 bits per heavy atom. The molecule has 1 aliphatic rings. The average Bonchev–Trinajstić information content (AvgIpc) is 2.12. The maximum Gasteiger partial charge on any atom is 0.335 e. The molecule has 0 spiro atoms. The molecule has 0 saturated carbocycles. The SMILES string of the molecule is O=C(O)C1=CN=CC=NC1. The smallest absolute Gasteiger partial charge is 0.335 e. The third-order valence-electron chi connectivity index (χ3n) is 1.02. The summed E-state index contributed by atoms with van der Waals surface area (Å²) in [6.45, 7) is 0.204. The number of aliphatic imine (C=N–C) groups is 2. The molecule has 0 aromatic rings. The third-order valence-corrected chi connectivity index (χ3v) is 1.02. The van der Waals surface area contributed by atoms with Gasteiger partial charge in [0.15, 0.2) is 0 Å². The summed E-state index contributed by atoms with van der Waals surface area (Å²) in [5.41, 5.74) is 0.213. The number of hydrogen-bond donors (Lipinski definition) is 1. The van der Waals surface area contributed by atoms with Crippen molar-refractivity contribution in [3.8, 4) is 0 Å². The fourth-order valence-electron chi connectivity index (χ4n) is 0.533. The van der Waals surface area contributed by atoms with E-state index in [9.17, 15) is 4.79 Å². The lowest BCUT2D eigenvalue weighted by atomic mass is 10.3. The van der Waals surface area contributed by atoms with Crippen LogP contribution in [-0.4, -0.2) is 30.0 Å². The van der Waals surface area contributed by atoms with Gasteiger partial charge in [-0.25, -0.2) is 4.79 Å². The number of hydrogen-bond acceptors (Lipinski definition) is 3. The van der Waals surface area contributed by atoms with E-state index in [0.29, 0.717) is 0 Å². The highest BCUT2D eigenvalue weighted by atomic mass is 16.4. The molecule has 0 saturated heterocycles. The molecule has 0 aliphatic carbocycles. The summed E-state index contributed by atoms with van der Waals surface area (Å²) in [6.07, 6.45) is 4.23. The Labute approximate surface area is 57.6 Å². The Morgan fingerprint density at radius 2 is 2.40 bits per heavy atom. The van der Waals surface area contributed by atoms with Crippen LogP contribution < -0.4 is 0 Å². The van der Waals surface area contributed by atoms with Crippen molar-refractivity contribution in [2.45, 2.75) is 0 Å². The fraction of sp³-hybridized carbons (Fsp3) is 0.167. The fourth-order valence-corrected chi connectivity index (χ4v) is 0.533. The van der Waals surface area contributed by atoms with E-state index >= 15 is 0 Å². The topological polar surface area (TPSA) is 62.0 Å². The highest BCUT2D eigenvalue weighted by Crippen LogP contribution is 1.96. The van der Waals surface area contributed by atoms with Crippen LogP contribution in [0.25, 0.3) is 0 Å². The third kappa shape index (κ3) is 1.51. The zero-order valence-corrected chi connectivity index (χ0v) is 5.19. The van der Waals surface area contributed by atoms with E-state index in [1.807, 2.05) is 0 Å². The molecule has 1 aliphatic heterocycles. The predicted molar refractivity (Wildman–Crippen MR) is 37.6 cm³/mol. The zero-order valence-electron chi connectivity index (χ0n) is 5.19. The van der Waals surface area contributed by atoms with E-state index in [4.69, 9.17) is 5.11 Å². The summed E-state index contributed by atoms with van der Waals surface area (Å²) < 4.78 is 0. The van der Waals surface area contributed by atoms with Crippen LogP contribution in [0.4, 0.5) is 0 Å². The quantitative estimate of drug-likeness (QED) is 0.559. The van der Waals surface area contributed by atoms with Gasteiger partial charge in [0, 0.05) is 18.6 Å². The minimum absolute atomic E-state index is 0.204. The molecule has 1 N–H and O–H groups in total. The zero-order chi connectivity index (χ0) is 7.40. The van der Waals surface area contributed by atoms with Crippen LogP contribution >= 0.6 is 0 Å². The molecular formula is C6H6N2O2. The first-order valence-corrected chi connectivity index (χ1v) is 2.74. The molecule has 0 aromatic heterocycles. The van der Waals surface area contributed by atoms with Gasteiger partial charge in [0.25, 0.3) is 0 Å². The molecule has 0 unspecified atom stereocenters. The molecule has 0 aromatic carbocycles. The first-order valence-electron chi connectivity index (χ1n) is 2.74. The molecule has 4 nitrogen and oxygen atoms in total. The lowest BCUT2D eigenvalue weighted by Gasteiger charge is -1.91. The molecule has 0 atom stereocenters. The average molecular weight is 138 g/mol. The first-order chi connectivity index (χ1) is 4.80. The van der Waals surface area contributed by atoms with Gasteiger partial charge >= 0.3 is 5.97 Å². The molecule has 0 radical (unpaired) electrons. The van der Waals surface area contributed by atoms with Crippen molar-refractivity contribution in [1.82, 2.24) is 0 Å². The lowest BCUT2D eigenvalue weighted by molar-refractivity contribution is -0.132. The van der Waals surface area contributed by atoms with Crippen LogP contribution in [0.15, 0.2) is 21.8 Å². The predicted octanol–water partition coefficient (Wildman–Crippen LogP) is 0.110. The number of carbonyl (C=O) groups is 1. The van der Waals surface area contributed by atoms with Gasteiger partial charge in [-0.3, -0.25) is 9.98 Å². The number of carboxylic acid groups (broad SMARTS) is 1. The summed E-state index contributed by atoms with van der Waals surface area (Å²) in [5.74, 6) is -0.962. The van der Waals surface area contributed by atoms with Crippen molar-refractivity contribution in [3.05, 3.63) is 11.8 Å². The van der Waals surface area contributed by atoms with Crippen LogP contribution in [0.2, 0.25) is 0 Å². The van der Waals surface area contributed by atoms with Crippen LogP contribution in [-0.2, 0) is 4.79 Å². The second kappa shape index (κ2) is 2.91. The summed E-state index contributed by atoms with van der Waals surface area (Å²) in [4.78, 5) is 17.7. The standard InChI is InChI=1S/C6H6N2O2/c9-6(10)5-3-7-1-2-8-4-5/h1-3H,4H2,(H,9,10). The number of rotatable bonds is 1. The summed E-state index contributed by atoms with van der Waals surface area (Å²) >= 11 is 0. The number of aliphatic carboxylic acids is 1. The van der Waals surface area contributed by atoms with E-state index < -0.39 is 5.97 Å². The number of nitrogens with zero attached hydrogens (tertiary/aromatic N) is 2. The molecule has 1 rings (SSSR count). The lowest BCUT2D eigenvalue weighted by Crippen LogP contribution is -2.02. The molecule has 52 valence electrons. The number of carboxylic acids is 1. The van der Waals surface area contributed by atoms with E-state index in [1.54, 1.807) is 0 Å². The molecule has 0 bridgehead atoms. The first kappa shape index (κ1) is 6.67. The highest BCUT2D eigenvalue weighted by molar-refractivity contribution is 6.16. The maximum absolute atomic E-state index is 10.3. The van der Waals surface area contributed by atoms with Crippen molar-refractivity contribution in [2.24, 2.45) is 9.98 Å². The van der Waals surface area contributed by atoms with Gasteiger partial charge in [-0.2, -0.15) is 0 Å². The van der Waals surface area contributed by atoms with E-state index in [0.717, 1.165) is 0 Å². The summed E-state index contributed by atoms with van der Waals surface area (Å²) in [7, 11) is 0. The van der Waals surface area contributed by atoms with Gasteiger partial charge in [0.05, 0.1) is 12.1 Å². The Morgan fingerprint density at radius 1 is 1.60 bits per heavy atom. The molecule has 1 heterocycles. The van der Waals surface area contributed by atoms with Crippen molar-refractivity contribution in [2.75, 3.05) is 6.54 Å². The van der Waals surface area contributed by atoms with E-state index in [-0.39, 0.29) is 12.1 Å². The van der Waals surface area contributed by atoms with Crippen LogP contribution in [0.5, 0.6) is 0 Å². The van der Waals surface area contributed by atoms with Crippen molar-refractivity contribution in [1.29, 1.82) is 0 Å². The van der Waals surface area contributed by atoms with Gasteiger partial charge < -0.3 is 5.11 Å². The van der Waals surface area contributed by atoms with Gasteiger partial charge in [0.1, 0.15) is 0 Å². The highest BCUT2D eigenvalue weighted by Gasteiger charge is 2.05. The normalized spacial score (nSPS) is 16.2. The summed E-state index contributed by atoms with van der Waals surface area (Å²) in [6, 6.07) is 0. The largest absolute Gasteiger partial charge is 0.478 e. The molecule has 4 heteroatoms. The van der Waals surface area contributed by atoms with Gasteiger partial charge in [-0.1, -0.05) is 0 Å². The van der Waals surface area contributed by atoms with Gasteiger partial charge in [-0.05, 0) is 0 Å². The van der Waals surface area contributed by atoms with Crippen LogP contribution in [0.1, 0.15) is 0 Å². The van der Waals surface area contributed by atoms with Crippen LogP contribution in [0, 0.1) is 0 Å². The maximum atomic E-state index is 10.3. The van der Waals surface area contributed by atoms with Gasteiger partial charge in [0.2, 0.25) is 0 Å². The Balaban J connectivity index is 2.78. The molecule has 0 amide bonds. The van der Waals surface area contributed by atoms with Crippen molar-refractivity contribution >= 4 is 18.4 Å². The molecule has 0 fully saturated rings. The second-order valence-electron chi connectivity index (χ2n) is 1.75. The minimum Gasteiger partial charge on any atom is -0.478 e. The minimum atomic E-state index is -0.962. The van der Waals surface area contributed by atoms with Gasteiger partial charge in [-0.15, -0.1) is 0 Å². The second-order valence-corrected chi connectivity index (χ2v) is 1.75. The Kier molecular flexibility index (Phi) is 1.94. The monoisotopic (exact) mass is 138 g/mol. The molecule has 10 heavy (non-hydrogen) atoms. The van der Waals surface area contributed by atoms with Crippen molar-refractivity contribution in [3.63, 3.8) is 0 Å². The van der Waals surface area contributed by atoms with E-state index in [1.165, 1.54) is 18.6 Å².